The number of amides is 2. The fraction of sp³-hybridized carbons (Fsp3) is 0.250. The second kappa shape index (κ2) is 9.16. The third kappa shape index (κ3) is 3.83. The molecule has 3 atom stereocenters. The Hall–Kier alpha value is -2.69. The van der Waals surface area contributed by atoms with Gasteiger partial charge in [-0.25, -0.2) is 4.90 Å². The summed E-state index contributed by atoms with van der Waals surface area (Å²) in [7, 11) is 0. The van der Waals surface area contributed by atoms with Crippen LogP contribution in [0.5, 0.6) is 0 Å². The van der Waals surface area contributed by atoms with E-state index >= 15 is 0 Å². The van der Waals surface area contributed by atoms with Gasteiger partial charge < -0.3 is 4.74 Å². The molecular formula is C24H19BrN2O5S2. The minimum absolute atomic E-state index is 0.208. The molecule has 0 spiro atoms. The van der Waals surface area contributed by atoms with E-state index in [4.69, 9.17) is 4.74 Å². The number of thioether (sulfide) groups is 1. The molecule has 2 aromatic carbocycles. The van der Waals surface area contributed by atoms with Gasteiger partial charge in [-0.2, -0.15) is 0 Å². The molecular weight excluding hydrogens is 540 g/mol. The van der Waals surface area contributed by atoms with Crippen molar-refractivity contribution in [1.29, 1.82) is 0 Å². The molecule has 2 aliphatic rings. The van der Waals surface area contributed by atoms with Gasteiger partial charge >= 0.3 is 10.8 Å². The number of hydrogen-bond acceptors (Lipinski definition) is 7. The van der Waals surface area contributed by atoms with E-state index in [0.29, 0.717) is 15.6 Å². The Morgan fingerprint density at radius 1 is 1.03 bits per heavy atom. The zero-order valence-corrected chi connectivity index (χ0v) is 21.2. The highest BCUT2D eigenvalue weighted by atomic mass is 79.9. The summed E-state index contributed by atoms with van der Waals surface area (Å²) in [6.45, 7) is 1.68. The van der Waals surface area contributed by atoms with Crippen molar-refractivity contribution >= 4 is 62.5 Å². The van der Waals surface area contributed by atoms with Crippen molar-refractivity contribution in [2.45, 2.75) is 29.7 Å². The molecule has 2 amide bonds. The van der Waals surface area contributed by atoms with Crippen LogP contribution in [0, 0.1) is 5.92 Å². The van der Waals surface area contributed by atoms with Crippen LogP contribution in [-0.2, 0) is 25.7 Å². The second-order valence-corrected chi connectivity index (χ2v) is 10.9. The summed E-state index contributed by atoms with van der Waals surface area (Å²) >= 11 is 5.60. The van der Waals surface area contributed by atoms with E-state index in [0.717, 1.165) is 21.4 Å². The number of halogens is 1. The number of esters is 1. The topological polar surface area (TPSA) is 85.7 Å². The van der Waals surface area contributed by atoms with Crippen LogP contribution in [0.2, 0.25) is 0 Å². The Bertz CT molecular complexity index is 1340. The maximum absolute atomic E-state index is 13.7. The number of carbonyl (C=O) groups is 3. The average molecular weight is 559 g/mol. The minimum Gasteiger partial charge on any atom is -0.465 e. The van der Waals surface area contributed by atoms with Gasteiger partial charge in [-0.1, -0.05) is 69.4 Å². The van der Waals surface area contributed by atoms with E-state index < -0.39 is 23.1 Å². The zero-order chi connectivity index (χ0) is 24.0. The molecule has 7 nitrogen and oxygen atoms in total. The van der Waals surface area contributed by atoms with Crippen LogP contribution >= 0.6 is 39.0 Å². The normalized spacial score (nSPS) is 21.4. The van der Waals surface area contributed by atoms with Gasteiger partial charge in [-0.3, -0.25) is 23.7 Å². The maximum Gasteiger partial charge on any atom is 0.326 e. The summed E-state index contributed by atoms with van der Waals surface area (Å²) in [4.78, 5) is 54.0. The first-order chi connectivity index (χ1) is 16.4. The lowest BCUT2D eigenvalue weighted by atomic mass is 9.83. The number of benzene rings is 2. The van der Waals surface area contributed by atoms with Crippen LogP contribution in [0.3, 0.4) is 0 Å². The molecule has 2 aliphatic heterocycles. The molecule has 0 N–H and O–H groups in total. The third-order valence-corrected chi connectivity index (χ3v) is 9.02. The first-order valence-corrected chi connectivity index (χ1v) is 13.1. The largest absolute Gasteiger partial charge is 0.465 e. The summed E-state index contributed by atoms with van der Waals surface area (Å²) < 4.78 is 7.26. The molecule has 0 bridgehead atoms. The molecule has 5 rings (SSSR count). The van der Waals surface area contributed by atoms with Gasteiger partial charge in [0.25, 0.3) is 0 Å². The number of carbonyl (C=O) groups excluding carboxylic acids is 3. The van der Waals surface area contributed by atoms with Crippen LogP contribution in [-0.4, -0.2) is 34.2 Å². The van der Waals surface area contributed by atoms with Crippen molar-refractivity contribution in [2.24, 2.45) is 5.92 Å². The highest BCUT2D eigenvalue weighted by Gasteiger charge is 2.56. The van der Waals surface area contributed by atoms with E-state index in [9.17, 15) is 19.2 Å². The molecule has 0 radical (unpaired) electrons. The van der Waals surface area contributed by atoms with Gasteiger partial charge in [0.1, 0.15) is 11.8 Å². The molecule has 2 unspecified atom stereocenters. The van der Waals surface area contributed by atoms with Gasteiger partial charge in [0, 0.05) is 15.3 Å². The molecule has 1 saturated heterocycles. The first-order valence-electron chi connectivity index (χ1n) is 10.6. The third-order valence-electron chi connectivity index (χ3n) is 5.89. The van der Waals surface area contributed by atoms with Crippen LogP contribution in [0.4, 0.5) is 5.69 Å². The smallest absolute Gasteiger partial charge is 0.326 e. The van der Waals surface area contributed by atoms with Crippen LogP contribution in [0.1, 0.15) is 23.3 Å². The second-order valence-electron chi connectivity index (χ2n) is 7.87. The van der Waals surface area contributed by atoms with Crippen LogP contribution in [0.25, 0.3) is 0 Å². The molecule has 0 aliphatic carbocycles. The Kier molecular flexibility index (Phi) is 6.22. The van der Waals surface area contributed by atoms with E-state index in [1.54, 1.807) is 31.2 Å². The van der Waals surface area contributed by atoms with Gasteiger partial charge in [-0.05, 0) is 36.8 Å². The quantitative estimate of drug-likeness (QED) is 0.347. The van der Waals surface area contributed by atoms with Crippen molar-refractivity contribution < 1.29 is 19.1 Å². The molecule has 34 heavy (non-hydrogen) atoms. The standard InChI is InChI=1S/C24H19BrN2O5S2/c1-2-32-16(28)12-26-23-20(34-24(26)31)17(13-6-4-3-5-7-13)18-19(33-23)22(30)27(21(18)29)15-10-8-14(25)9-11-15/h3-11,17-19H,2,12H2,1H3/t17-,18?,19?/m1/s1. The van der Waals surface area contributed by atoms with Crippen molar-refractivity contribution in [3.63, 3.8) is 0 Å². The van der Waals surface area contributed by atoms with Crippen molar-refractivity contribution in [1.82, 2.24) is 4.57 Å². The van der Waals surface area contributed by atoms with Gasteiger partial charge in [0.15, 0.2) is 0 Å². The van der Waals surface area contributed by atoms with E-state index in [1.807, 2.05) is 30.3 Å². The number of ether oxygens (including phenoxy) is 1. The first kappa shape index (κ1) is 23.1. The lowest BCUT2D eigenvalue weighted by Gasteiger charge is -2.30. The summed E-state index contributed by atoms with van der Waals surface area (Å²) in [5, 5.41) is -0.159. The van der Waals surface area contributed by atoms with Gasteiger partial charge in [0.05, 0.1) is 23.2 Å². The summed E-state index contributed by atoms with van der Waals surface area (Å²) in [6, 6.07) is 16.5. The molecule has 10 heteroatoms. The SMILES string of the molecule is CCOC(=O)Cn1c2c(sc1=O)[C@H](c1ccccc1)C1C(=O)N(c3ccc(Br)cc3)C(=O)C1S2. The molecule has 3 heterocycles. The summed E-state index contributed by atoms with van der Waals surface area (Å²) in [6.07, 6.45) is 0. The van der Waals surface area contributed by atoms with Crippen molar-refractivity contribution in [3.8, 4) is 0 Å². The Labute approximate surface area is 211 Å². The average Bonchev–Trinajstić information content (AvgIpc) is 3.27. The van der Waals surface area contributed by atoms with E-state index in [-0.39, 0.29) is 29.8 Å². The molecule has 1 aromatic heterocycles. The minimum atomic E-state index is -0.712. The van der Waals surface area contributed by atoms with Gasteiger partial charge in [0.2, 0.25) is 11.8 Å². The summed E-state index contributed by atoms with van der Waals surface area (Å²) in [5.41, 5.74) is 1.36. The maximum atomic E-state index is 13.7. The molecule has 1 fully saturated rings. The van der Waals surface area contributed by atoms with E-state index in [2.05, 4.69) is 15.9 Å². The Morgan fingerprint density at radius 2 is 1.74 bits per heavy atom. The number of thiazole rings is 1. The Morgan fingerprint density at radius 3 is 2.41 bits per heavy atom. The lowest BCUT2D eigenvalue weighted by Crippen LogP contribution is -2.32. The van der Waals surface area contributed by atoms with Gasteiger partial charge in [-0.15, -0.1) is 0 Å². The molecule has 3 aromatic rings. The Balaban J connectivity index is 1.63. The number of nitrogens with zero attached hydrogens (tertiary/aromatic N) is 2. The van der Waals surface area contributed by atoms with Crippen LogP contribution in [0.15, 0.2) is 68.9 Å². The predicted octanol–water partition coefficient (Wildman–Crippen LogP) is 4.03. The number of fused-ring (bicyclic) bond motifs is 2. The fourth-order valence-corrected chi connectivity index (χ4v) is 7.49. The number of rotatable bonds is 5. The van der Waals surface area contributed by atoms with E-state index in [1.165, 1.54) is 21.2 Å². The summed E-state index contributed by atoms with van der Waals surface area (Å²) in [5.74, 6) is -2.27. The fourth-order valence-electron chi connectivity index (χ4n) is 4.46. The number of imide groups is 1. The molecule has 0 saturated carbocycles. The number of hydrogen-bond donors (Lipinski definition) is 0. The highest BCUT2D eigenvalue weighted by molar-refractivity contribution is 9.10. The van der Waals surface area contributed by atoms with Crippen molar-refractivity contribution in [3.05, 3.63) is 79.2 Å². The highest BCUT2D eigenvalue weighted by Crippen LogP contribution is 2.53. The predicted molar refractivity (Wildman–Crippen MR) is 133 cm³/mol. The number of anilines is 1. The van der Waals surface area contributed by atoms with Crippen LogP contribution < -0.4 is 9.77 Å². The monoisotopic (exact) mass is 558 g/mol. The van der Waals surface area contributed by atoms with Crippen molar-refractivity contribution in [2.75, 3.05) is 11.5 Å². The lowest BCUT2D eigenvalue weighted by molar-refractivity contribution is -0.144. The molecule has 174 valence electrons. The number of aromatic nitrogens is 1. The zero-order valence-electron chi connectivity index (χ0n) is 18.0.